The predicted molar refractivity (Wildman–Crippen MR) is 92.1 cm³/mol. The molecular weight excluding hydrogens is 307 g/mol. The molecule has 130 valence electrons. The minimum Gasteiger partial charge on any atom is -0.381 e. The summed E-state index contributed by atoms with van der Waals surface area (Å²) in [6.45, 7) is 1.51. The second-order valence-electron chi connectivity index (χ2n) is 6.57. The van der Waals surface area contributed by atoms with Gasteiger partial charge in [-0.15, -0.1) is 0 Å². The van der Waals surface area contributed by atoms with E-state index in [9.17, 15) is 9.18 Å². The Kier molecular flexibility index (Phi) is 5.86. The highest BCUT2D eigenvalue weighted by molar-refractivity contribution is 5.75. The average molecular weight is 332 g/mol. The summed E-state index contributed by atoms with van der Waals surface area (Å²) in [4.78, 5) is 12.2. The summed E-state index contributed by atoms with van der Waals surface area (Å²) in [6, 6.07) is 6.91. The average Bonchev–Trinajstić information content (AvgIpc) is 2.85. The number of rotatable bonds is 3. The normalized spacial score (nSPS) is 24.6. The molecule has 0 aromatic heterocycles. The van der Waals surface area contributed by atoms with E-state index in [0.717, 1.165) is 57.3 Å². The molecule has 1 aromatic rings. The Morgan fingerprint density at radius 3 is 2.58 bits per heavy atom. The van der Waals surface area contributed by atoms with E-state index in [4.69, 9.17) is 4.74 Å². The molecule has 24 heavy (non-hydrogen) atoms. The Bertz CT molecular complexity index is 578. The Balaban J connectivity index is 1.47. The molecule has 5 heteroatoms. The van der Waals surface area contributed by atoms with Crippen LogP contribution in [0.15, 0.2) is 30.3 Å². The third-order valence-corrected chi connectivity index (χ3v) is 4.75. The summed E-state index contributed by atoms with van der Waals surface area (Å²) in [5.41, 5.74) is 2.30. The van der Waals surface area contributed by atoms with Crippen molar-refractivity contribution in [2.75, 3.05) is 13.2 Å². The highest BCUT2D eigenvalue weighted by Gasteiger charge is 2.20. The minimum atomic E-state index is -0.213. The van der Waals surface area contributed by atoms with Crippen LogP contribution in [0.2, 0.25) is 0 Å². The van der Waals surface area contributed by atoms with Crippen molar-refractivity contribution in [1.29, 1.82) is 0 Å². The highest BCUT2D eigenvalue weighted by atomic mass is 19.1. The van der Waals surface area contributed by atoms with E-state index in [1.807, 2.05) is 12.1 Å². The summed E-state index contributed by atoms with van der Waals surface area (Å²) >= 11 is 0. The molecule has 4 nitrogen and oxygen atoms in total. The molecule has 1 saturated heterocycles. The Morgan fingerprint density at radius 2 is 1.83 bits per heavy atom. The van der Waals surface area contributed by atoms with Crippen LogP contribution in [0.4, 0.5) is 9.18 Å². The number of urea groups is 1. The Morgan fingerprint density at radius 1 is 1.04 bits per heavy atom. The van der Waals surface area contributed by atoms with Gasteiger partial charge < -0.3 is 15.4 Å². The summed E-state index contributed by atoms with van der Waals surface area (Å²) in [6.07, 6.45) is 7.63. The molecular formula is C19H25FN2O2. The quantitative estimate of drug-likeness (QED) is 0.888. The SMILES string of the molecule is O=C(NC1CC=C(c2ccc(F)cc2)CC1)NC1CCCOCC1. The van der Waals surface area contributed by atoms with Crippen LogP contribution in [0, 0.1) is 5.82 Å². The van der Waals surface area contributed by atoms with Gasteiger partial charge in [-0.25, -0.2) is 9.18 Å². The lowest BCUT2D eigenvalue weighted by Gasteiger charge is -2.25. The molecule has 1 heterocycles. The summed E-state index contributed by atoms with van der Waals surface area (Å²) in [7, 11) is 0. The van der Waals surface area contributed by atoms with E-state index < -0.39 is 0 Å². The van der Waals surface area contributed by atoms with Crippen molar-refractivity contribution in [3.05, 3.63) is 41.7 Å². The molecule has 2 atom stereocenters. The van der Waals surface area contributed by atoms with Crippen LogP contribution in [0.5, 0.6) is 0 Å². The summed E-state index contributed by atoms with van der Waals surface area (Å²) in [5, 5.41) is 6.14. The lowest BCUT2D eigenvalue weighted by molar-refractivity contribution is 0.142. The van der Waals surface area contributed by atoms with Crippen LogP contribution in [0.3, 0.4) is 0 Å². The van der Waals surface area contributed by atoms with Gasteiger partial charge in [-0.3, -0.25) is 0 Å². The van der Waals surface area contributed by atoms with Crippen LogP contribution in [-0.4, -0.2) is 31.3 Å². The first-order valence-corrected chi connectivity index (χ1v) is 8.80. The lowest BCUT2D eigenvalue weighted by atomic mass is 9.91. The number of hydrogen-bond donors (Lipinski definition) is 2. The van der Waals surface area contributed by atoms with Crippen molar-refractivity contribution < 1.29 is 13.9 Å². The van der Waals surface area contributed by atoms with Gasteiger partial charge in [0.1, 0.15) is 5.82 Å². The van der Waals surface area contributed by atoms with Crippen LogP contribution in [0.1, 0.15) is 44.1 Å². The smallest absolute Gasteiger partial charge is 0.315 e. The van der Waals surface area contributed by atoms with Crippen LogP contribution in [0.25, 0.3) is 5.57 Å². The third kappa shape index (κ3) is 4.81. The van der Waals surface area contributed by atoms with E-state index >= 15 is 0 Å². The minimum absolute atomic E-state index is 0.0782. The molecule has 2 aliphatic rings. The fraction of sp³-hybridized carbons (Fsp3) is 0.526. The van der Waals surface area contributed by atoms with Gasteiger partial charge in [-0.05, 0) is 61.8 Å². The van der Waals surface area contributed by atoms with E-state index in [2.05, 4.69) is 16.7 Å². The molecule has 0 spiro atoms. The number of carbonyl (C=O) groups is 1. The first kappa shape index (κ1) is 17.0. The van der Waals surface area contributed by atoms with Crippen molar-refractivity contribution in [1.82, 2.24) is 10.6 Å². The zero-order valence-corrected chi connectivity index (χ0v) is 13.9. The monoisotopic (exact) mass is 332 g/mol. The number of ether oxygens (including phenoxy) is 1. The van der Waals surface area contributed by atoms with Crippen molar-refractivity contribution in [3.8, 4) is 0 Å². The van der Waals surface area contributed by atoms with Gasteiger partial charge in [0.05, 0.1) is 0 Å². The molecule has 0 radical (unpaired) electrons. The molecule has 1 aliphatic heterocycles. The number of allylic oxidation sites excluding steroid dienone is 1. The fourth-order valence-electron chi connectivity index (χ4n) is 3.35. The molecule has 2 amide bonds. The van der Waals surface area contributed by atoms with E-state index in [-0.39, 0.29) is 23.9 Å². The van der Waals surface area contributed by atoms with Crippen molar-refractivity contribution >= 4 is 11.6 Å². The van der Waals surface area contributed by atoms with Gasteiger partial charge in [0.25, 0.3) is 0 Å². The summed E-state index contributed by atoms with van der Waals surface area (Å²) in [5.74, 6) is -0.213. The molecule has 0 bridgehead atoms. The van der Waals surface area contributed by atoms with Crippen molar-refractivity contribution in [2.24, 2.45) is 0 Å². The number of benzene rings is 1. The largest absolute Gasteiger partial charge is 0.381 e. The second-order valence-corrected chi connectivity index (χ2v) is 6.57. The van der Waals surface area contributed by atoms with E-state index in [1.54, 1.807) is 0 Å². The molecule has 3 rings (SSSR count). The second kappa shape index (κ2) is 8.29. The molecule has 0 saturated carbocycles. The van der Waals surface area contributed by atoms with E-state index in [1.165, 1.54) is 17.7 Å². The maximum absolute atomic E-state index is 13.0. The summed E-state index contributed by atoms with van der Waals surface area (Å²) < 4.78 is 18.4. The van der Waals surface area contributed by atoms with Crippen LogP contribution < -0.4 is 10.6 Å². The molecule has 2 unspecified atom stereocenters. The zero-order chi connectivity index (χ0) is 16.8. The number of carbonyl (C=O) groups excluding carboxylic acids is 1. The van der Waals surface area contributed by atoms with Gasteiger partial charge in [0.2, 0.25) is 0 Å². The van der Waals surface area contributed by atoms with Gasteiger partial charge in [-0.1, -0.05) is 18.2 Å². The van der Waals surface area contributed by atoms with Gasteiger partial charge >= 0.3 is 6.03 Å². The zero-order valence-electron chi connectivity index (χ0n) is 13.9. The number of amides is 2. The molecule has 1 aromatic carbocycles. The number of halogens is 1. The first-order chi connectivity index (χ1) is 11.7. The maximum Gasteiger partial charge on any atom is 0.315 e. The molecule has 1 fully saturated rings. The van der Waals surface area contributed by atoms with Crippen LogP contribution >= 0.6 is 0 Å². The maximum atomic E-state index is 13.0. The topological polar surface area (TPSA) is 50.4 Å². The van der Waals surface area contributed by atoms with Crippen molar-refractivity contribution in [3.63, 3.8) is 0 Å². The van der Waals surface area contributed by atoms with Gasteiger partial charge in [0, 0.05) is 25.3 Å². The number of hydrogen-bond acceptors (Lipinski definition) is 2. The van der Waals surface area contributed by atoms with Gasteiger partial charge in [0.15, 0.2) is 0 Å². The third-order valence-electron chi connectivity index (χ3n) is 4.75. The number of nitrogens with one attached hydrogen (secondary N) is 2. The standard InChI is InChI=1S/C19H25FN2O2/c20-16-7-3-14(4-8-16)15-5-9-18(10-6-15)22-19(23)21-17-2-1-12-24-13-11-17/h3-5,7-8,17-18H,1-2,6,9-13H2,(H2,21,22,23). The Labute approximate surface area is 142 Å². The molecule has 2 N–H and O–H groups in total. The highest BCUT2D eigenvalue weighted by Crippen LogP contribution is 2.27. The van der Waals surface area contributed by atoms with Crippen molar-refractivity contribution in [2.45, 2.75) is 50.6 Å². The Hall–Kier alpha value is -1.88. The fourth-order valence-corrected chi connectivity index (χ4v) is 3.35. The van der Waals surface area contributed by atoms with E-state index in [0.29, 0.717) is 0 Å². The first-order valence-electron chi connectivity index (χ1n) is 8.80. The van der Waals surface area contributed by atoms with Crippen LogP contribution in [-0.2, 0) is 4.74 Å². The molecule has 1 aliphatic carbocycles. The predicted octanol–water partition coefficient (Wildman–Crippen LogP) is 3.63. The lowest BCUT2D eigenvalue weighted by Crippen LogP contribution is -2.46. The van der Waals surface area contributed by atoms with Gasteiger partial charge in [-0.2, -0.15) is 0 Å².